The normalized spacial score (nSPS) is 13.0. The molecule has 0 saturated carbocycles. The van der Waals surface area contributed by atoms with E-state index in [0.717, 1.165) is 62.8 Å². The van der Waals surface area contributed by atoms with Crippen molar-refractivity contribution in [2.45, 2.75) is 12.8 Å². The molecule has 11 rings (SSSR count). The van der Waals surface area contributed by atoms with Crippen LogP contribution in [0.3, 0.4) is 0 Å². The second kappa shape index (κ2) is 12.7. The molecule has 0 N–H and O–H groups in total. The number of para-hydroxylation sites is 2. The minimum atomic E-state index is 0.483. The van der Waals surface area contributed by atoms with Gasteiger partial charge in [-0.1, -0.05) is 115 Å². The first kappa shape index (κ1) is 31.3. The van der Waals surface area contributed by atoms with Crippen molar-refractivity contribution in [1.82, 2.24) is 19.3 Å². The Balaban J connectivity index is 0.998. The van der Waals surface area contributed by atoms with Crippen molar-refractivity contribution in [1.29, 1.82) is 0 Å². The van der Waals surface area contributed by atoms with Gasteiger partial charge in [0.2, 0.25) is 11.8 Å². The van der Waals surface area contributed by atoms with Crippen molar-refractivity contribution < 1.29 is 4.42 Å². The smallest absolute Gasteiger partial charge is 0.248 e. The van der Waals surface area contributed by atoms with E-state index in [-0.39, 0.29) is 0 Å². The van der Waals surface area contributed by atoms with Gasteiger partial charge in [-0.05, 0) is 102 Å². The van der Waals surface area contributed by atoms with Crippen molar-refractivity contribution in [2.24, 2.45) is 0 Å². The van der Waals surface area contributed by atoms with Crippen molar-refractivity contribution in [3.8, 4) is 45.4 Å². The van der Waals surface area contributed by atoms with Crippen molar-refractivity contribution in [2.75, 3.05) is 0 Å². The van der Waals surface area contributed by atoms with Crippen LogP contribution in [0.5, 0.6) is 0 Å². The van der Waals surface area contributed by atoms with Gasteiger partial charge in [-0.25, -0.2) is 0 Å². The van der Waals surface area contributed by atoms with Gasteiger partial charge in [-0.3, -0.25) is 0 Å². The number of rotatable bonds is 6. The molecule has 0 spiro atoms. The Morgan fingerprint density at radius 3 is 1.73 bits per heavy atom. The molecule has 5 nitrogen and oxygen atoms in total. The Morgan fingerprint density at radius 2 is 0.982 bits per heavy atom. The lowest BCUT2D eigenvalue weighted by atomic mass is 9.99. The number of fused-ring (bicyclic) bond motifs is 6. The maximum atomic E-state index is 6.49. The summed E-state index contributed by atoms with van der Waals surface area (Å²) in [5.41, 5.74) is 13.4. The van der Waals surface area contributed by atoms with Gasteiger partial charge < -0.3 is 13.6 Å². The van der Waals surface area contributed by atoms with E-state index in [4.69, 9.17) is 4.42 Å². The first-order valence-corrected chi connectivity index (χ1v) is 18.8. The molecule has 0 unspecified atom stereocenters. The van der Waals surface area contributed by atoms with Crippen LogP contribution in [-0.4, -0.2) is 19.3 Å². The molecule has 7 aromatic carbocycles. The molecule has 0 bridgehead atoms. The number of hydrogen-bond acceptors (Lipinski definition) is 3. The molecule has 1 aliphatic rings. The predicted molar refractivity (Wildman–Crippen MR) is 226 cm³/mol. The van der Waals surface area contributed by atoms with Gasteiger partial charge in [0, 0.05) is 44.0 Å². The highest BCUT2D eigenvalue weighted by molar-refractivity contribution is 6.11. The fourth-order valence-electron chi connectivity index (χ4n) is 8.33. The number of hydrogen-bond donors (Lipinski definition) is 0. The van der Waals surface area contributed by atoms with Crippen LogP contribution in [0.2, 0.25) is 0 Å². The summed E-state index contributed by atoms with van der Waals surface area (Å²) in [4.78, 5) is 0. The Morgan fingerprint density at radius 1 is 0.400 bits per heavy atom. The summed E-state index contributed by atoms with van der Waals surface area (Å²) < 4.78 is 11.2. The third kappa shape index (κ3) is 5.24. The van der Waals surface area contributed by atoms with Crippen molar-refractivity contribution >= 4 is 49.2 Å². The van der Waals surface area contributed by atoms with Crippen LogP contribution in [0.4, 0.5) is 0 Å². The van der Waals surface area contributed by atoms with Crippen LogP contribution in [0.15, 0.2) is 186 Å². The number of nitrogens with zero attached hydrogens (tertiary/aromatic N) is 4. The van der Waals surface area contributed by atoms with Crippen LogP contribution < -0.4 is 0 Å². The molecule has 10 aromatic rings. The van der Waals surface area contributed by atoms with Gasteiger partial charge in [0.05, 0.1) is 22.1 Å². The van der Waals surface area contributed by atoms with Gasteiger partial charge in [0.25, 0.3) is 0 Å². The predicted octanol–water partition coefficient (Wildman–Crippen LogP) is 13.0. The van der Waals surface area contributed by atoms with E-state index in [1.165, 1.54) is 38.4 Å². The molecule has 260 valence electrons. The van der Waals surface area contributed by atoms with Crippen molar-refractivity contribution in [3.05, 3.63) is 188 Å². The molecular formula is C50H34N4O. The second-order valence-electron chi connectivity index (χ2n) is 14.2. The average Bonchev–Trinajstić information content (AvgIpc) is 3.97. The van der Waals surface area contributed by atoms with E-state index in [2.05, 4.69) is 201 Å². The molecule has 3 heterocycles. The third-order valence-electron chi connectivity index (χ3n) is 10.9. The summed E-state index contributed by atoms with van der Waals surface area (Å²) in [5, 5.41) is 13.9. The zero-order valence-electron chi connectivity index (χ0n) is 29.9. The minimum Gasteiger partial charge on any atom is -0.416 e. The molecule has 3 aromatic heterocycles. The summed E-state index contributed by atoms with van der Waals surface area (Å²) in [5.74, 6) is 0.972. The molecule has 1 aliphatic carbocycles. The molecule has 55 heavy (non-hydrogen) atoms. The van der Waals surface area contributed by atoms with Crippen LogP contribution >= 0.6 is 0 Å². The van der Waals surface area contributed by atoms with Crippen molar-refractivity contribution in [3.63, 3.8) is 0 Å². The molecule has 5 heteroatoms. The second-order valence-corrected chi connectivity index (χ2v) is 14.2. The van der Waals surface area contributed by atoms with Crippen LogP contribution in [0.25, 0.3) is 94.6 Å². The van der Waals surface area contributed by atoms with Gasteiger partial charge in [0.1, 0.15) is 0 Å². The number of benzene rings is 7. The highest BCUT2D eigenvalue weighted by Gasteiger charge is 2.19. The van der Waals surface area contributed by atoms with Crippen LogP contribution in [0, 0.1) is 0 Å². The van der Waals surface area contributed by atoms with Gasteiger partial charge in [-0.15, -0.1) is 10.2 Å². The summed E-state index contributed by atoms with van der Waals surface area (Å²) in [7, 11) is 0. The topological polar surface area (TPSA) is 48.8 Å². The van der Waals surface area contributed by atoms with Gasteiger partial charge in [-0.2, -0.15) is 0 Å². The quantitative estimate of drug-likeness (QED) is 0.173. The highest BCUT2D eigenvalue weighted by Crippen LogP contribution is 2.38. The third-order valence-corrected chi connectivity index (χ3v) is 10.9. The summed E-state index contributed by atoms with van der Waals surface area (Å²) in [6, 6.07) is 58.1. The maximum Gasteiger partial charge on any atom is 0.248 e. The van der Waals surface area contributed by atoms with Crippen LogP contribution in [0.1, 0.15) is 18.4 Å². The van der Waals surface area contributed by atoms with E-state index in [1.807, 2.05) is 0 Å². The van der Waals surface area contributed by atoms with E-state index in [0.29, 0.717) is 11.8 Å². The molecule has 0 atom stereocenters. The Hall–Kier alpha value is -7.24. The largest absolute Gasteiger partial charge is 0.416 e. The molecule has 0 aliphatic heterocycles. The molecular weight excluding hydrogens is 673 g/mol. The molecule has 0 fully saturated rings. The average molecular weight is 707 g/mol. The first-order valence-electron chi connectivity index (χ1n) is 18.8. The fraction of sp³-hybridized carbons (Fsp3) is 0.0400. The summed E-state index contributed by atoms with van der Waals surface area (Å²) in [6.45, 7) is 0. The van der Waals surface area contributed by atoms with E-state index in [1.54, 1.807) is 0 Å². The fourth-order valence-corrected chi connectivity index (χ4v) is 8.33. The molecule has 0 amide bonds. The van der Waals surface area contributed by atoms with E-state index < -0.39 is 0 Å². The van der Waals surface area contributed by atoms with Gasteiger partial charge >= 0.3 is 0 Å². The first-order chi connectivity index (χ1) is 27.3. The zero-order valence-corrected chi connectivity index (χ0v) is 29.9. The number of aromatic nitrogens is 4. The van der Waals surface area contributed by atoms with Crippen LogP contribution in [-0.2, 0) is 0 Å². The Bertz CT molecular complexity index is 3160. The zero-order chi connectivity index (χ0) is 36.3. The summed E-state index contributed by atoms with van der Waals surface area (Å²) >= 11 is 0. The Kier molecular flexibility index (Phi) is 7.24. The van der Waals surface area contributed by atoms with Gasteiger partial charge in [0.15, 0.2) is 0 Å². The van der Waals surface area contributed by atoms with E-state index >= 15 is 0 Å². The summed E-state index contributed by atoms with van der Waals surface area (Å²) in [6.07, 6.45) is 9.01. The minimum absolute atomic E-state index is 0.483. The maximum absolute atomic E-state index is 6.49. The molecule has 0 saturated heterocycles. The number of allylic oxidation sites excluding steroid dienone is 4. The SMILES string of the molecule is C1=CC(c2cccc(-n3c4ccccc4c4cc(-c5nnc(-c6ccc7c8ccccc8n(-c8cccc(-c9ccccc9)c8)c7c6)o5)ccc43)c2)=CCC1. The molecule has 0 radical (unpaired) electrons. The Labute approximate surface area is 317 Å². The standard InChI is InChI=1S/C50H34N4O/c1-3-13-33(14-4-1)35-17-11-19-39(29-35)53-46-24-10-8-22-42(46)44-31-37(26-28-47(44)53)49-51-52-50(55-49)38-25-27-43-41-21-7-9-23-45(41)54(48(43)32-38)40-20-12-18-36(30-40)34-15-5-2-6-16-34/h2-3,5-32H,1,4H2. The lowest BCUT2D eigenvalue weighted by molar-refractivity contribution is 0.585. The lowest BCUT2D eigenvalue weighted by Gasteiger charge is -2.12. The lowest BCUT2D eigenvalue weighted by Crippen LogP contribution is -1.95. The monoisotopic (exact) mass is 706 g/mol. The highest BCUT2D eigenvalue weighted by atomic mass is 16.4. The van der Waals surface area contributed by atoms with E-state index in [9.17, 15) is 0 Å².